The first-order valence-electron chi connectivity index (χ1n) is 5.60. The number of aryl methyl sites for hydroxylation is 1. The maximum atomic E-state index is 12.3. The fourth-order valence-electron chi connectivity index (χ4n) is 1.63. The smallest absolute Gasteiger partial charge is 0.349 e. The first-order valence-corrected chi connectivity index (χ1v) is 7.96. The second kappa shape index (κ2) is 5.73. The van der Waals surface area contributed by atoms with Crippen LogP contribution in [0.4, 0.5) is 0 Å². The zero-order valence-electron chi connectivity index (χ0n) is 10.8. The highest BCUT2D eigenvalue weighted by molar-refractivity contribution is 7.89. The van der Waals surface area contributed by atoms with Crippen LogP contribution in [0.15, 0.2) is 22.5 Å². The number of thiophene rings is 1. The molecule has 0 aliphatic rings. The van der Waals surface area contributed by atoms with Crippen molar-refractivity contribution in [2.24, 2.45) is 0 Å². The summed E-state index contributed by atoms with van der Waals surface area (Å²) in [5, 5.41) is 7.99. The van der Waals surface area contributed by atoms with Crippen molar-refractivity contribution in [2.45, 2.75) is 18.4 Å². The van der Waals surface area contributed by atoms with E-state index < -0.39 is 16.0 Å². The van der Waals surface area contributed by atoms with Gasteiger partial charge in [-0.3, -0.25) is 5.10 Å². The van der Waals surface area contributed by atoms with Gasteiger partial charge in [-0.2, -0.15) is 5.10 Å². The molecule has 0 spiro atoms. The number of hydrogen-bond acceptors (Lipinski definition) is 6. The van der Waals surface area contributed by atoms with Crippen LogP contribution >= 0.6 is 11.3 Å². The molecule has 0 aromatic carbocycles. The van der Waals surface area contributed by atoms with Gasteiger partial charge in [0, 0.05) is 6.20 Å². The number of ether oxygens (including phenoxy) is 1. The van der Waals surface area contributed by atoms with E-state index in [1.165, 1.54) is 13.3 Å². The summed E-state index contributed by atoms with van der Waals surface area (Å²) in [6.07, 6.45) is 1.53. The average Bonchev–Trinajstić information content (AvgIpc) is 3.04. The lowest BCUT2D eigenvalue weighted by Gasteiger charge is -2.07. The van der Waals surface area contributed by atoms with E-state index in [0.29, 0.717) is 11.3 Å². The topological polar surface area (TPSA) is 101 Å². The van der Waals surface area contributed by atoms with Gasteiger partial charge in [0.2, 0.25) is 10.0 Å². The Morgan fingerprint density at radius 1 is 1.55 bits per heavy atom. The largest absolute Gasteiger partial charge is 0.465 e. The number of nitrogens with one attached hydrogen (secondary N) is 2. The predicted octanol–water partition coefficient (Wildman–Crippen LogP) is 1.04. The number of aromatic amines is 1. The monoisotopic (exact) mass is 315 g/mol. The van der Waals surface area contributed by atoms with Gasteiger partial charge in [0.25, 0.3) is 0 Å². The second-order valence-electron chi connectivity index (χ2n) is 3.97. The highest BCUT2D eigenvalue weighted by Crippen LogP contribution is 2.27. The zero-order valence-corrected chi connectivity index (χ0v) is 12.5. The first-order chi connectivity index (χ1) is 9.45. The van der Waals surface area contributed by atoms with Gasteiger partial charge >= 0.3 is 5.97 Å². The van der Waals surface area contributed by atoms with Gasteiger partial charge in [-0.05, 0) is 23.9 Å². The Morgan fingerprint density at radius 3 is 2.90 bits per heavy atom. The molecular formula is C11H13N3O4S2. The van der Waals surface area contributed by atoms with E-state index in [4.69, 9.17) is 0 Å². The van der Waals surface area contributed by atoms with E-state index in [0.717, 1.165) is 11.3 Å². The summed E-state index contributed by atoms with van der Waals surface area (Å²) in [7, 11) is -2.58. The van der Waals surface area contributed by atoms with Gasteiger partial charge in [0.05, 0.1) is 19.3 Å². The van der Waals surface area contributed by atoms with Crippen molar-refractivity contribution < 1.29 is 17.9 Å². The maximum Gasteiger partial charge on any atom is 0.349 e. The van der Waals surface area contributed by atoms with E-state index in [1.54, 1.807) is 18.4 Å². The van der Waals surface area contributed by atoms with Crippen molar-refractivity contribution in [1.29, 1.82) is 0 Å². The van der Waals surface area contributed by atoms with E-state index in [-0.39, 0.29) is 16.3 Å². The number of sulfonamides is 1. The average molecular weight is 315 g/mol. The molecule has 7 nitrogen and oxygen atoms in total. The third-order valence-electron chi connectivity index (χ3n) is 2.57. The summed E-state index contributed by atoms with van der Waals surface area (Å²) < 4.78 is 31.6. The van der Waals surface area contributed by atoms with Crippen LogP contribution in [-0.4, -0.2) is 31.7 Å². The lowest BCUT2D eigenvalue weighted by molar-refractivity contribution is 0.0602. The molecule has 0 unspecified atom stereocenters. The van der Waals surface area contributed by atoms with E-state index in [1.807, 2.05) is 0 Å². The standard InChI is InChI=1S/C11H13N3O4S2/c1-7-6-19-9(11(15)18-2)10(7)20(16,17)13-5-8-3-4-12-14-8/h3-4,6,13H,5H2,1-2H3,(H,12,14). The van der Waals surface area contributed by atoms with Crippen molar-refractivity contribution in [3.05, 3.63) is 33.8 Å². The molecule has 0 aliphatic carbocycles. The maximum absolute atomic E-state index is 12.3. The van der Waals surface area contributed by atoms with Crippen LogP contribution in [0.5, 0.6) is 0 Å². The molecule has 9 heteroatoms. The van der Waals surface area contributed by atoms with Crippen LogP contribution in [0.2, 0.25) is 0 Å². The molecule has 108 valence electrons. The second-order valence-corrected chi connectivity index (χ2v) is 6.56. The Morgan fingerprint density at radius 2 is 2.30 bits per heavy atom. The highest BCUT2D eigenvalue weighted by atomic mass is 32.2. The molecular weight excluding hydrogens is 302 g/mol. The molecule has 20 heavy (non-hydrogen) atoms. The Hall–Kier alpha value is -1.71. The van der Waals surface area contributed by atoms with Crippen LogP contribution in [-0.2, 0) is 21.3 Å². The van der Waals surface area contributed by atoms with Crippen LogP contribution in [0, 0.1) is 6.92 Å². The van der Waals surface area contributed by atoms with E-state index >= 15 is 0 Å². The molecule has 0 atom stereocenters. The van der Waals surface area contributed by atoms with Gasteiger partial charge in [-0.15, -0.1) is 11.3 Å². The highest BCUT2D eigenvalue weighted by Gasteiger charge is 2.27. The van der Waals surface area contributed by atoms with Crippen LogP contribution in [0.25, 0.3) is 0 Å². The lowest BCUT2D eigenvalue weighted by atomic mass is 10.3. The summed E-state index contributed by atoms with van der Waals surface area (Å²) in [5.74, 6) is -0.662. The lowest BCUT2D eigenvalue weighted by Crippen LogP contribution is -2.25. The van der Waals surface area contributed by atoms with E-state index in [9.17, 15) is 13.2 Å². The fraction of sp³-hybridized carbons (Fsp3) is 0.273. The number of nitrogens with zero attached hydrogens (tertiary/aromatic N) is 1. The summed E-state index contributed by atoms with van der Waals surface area (Å²) in [6.45, 7) is 1.70. The molecule has 2 aromatic heterocycles. The van der Waals surface area contributed by atoms with Gasteiger partial charge in [-0.25, -0.2) is 17.9 Å². The predicted molar refractivity (Wildman–Crippen MR) is 73.0 cm³/mol. The fourth-order valence-corrected chi connectivity index (χ4v) is 4.34. The summed E-state index contributed by atoms with van der Waals surface area (Å²) in [4.78, 5) is 11.6. The molecule has 0 radical (unpaired) electrons. The molecule has 2 heterocycles. The summed E-state index contributed by atoms with van der Waals surface area (Å²) >= 11 is 1.05. The van der Waals surface area contributed by atoms with Crippen molar-refractivity contribution >= 4 is 27.3 Å². The Labute approximate surface area is 120 Å². The van der Waals surface area contributed by atoms with Crippen molar-refractivity contribution in [3.63, 3.8) is 0 Å². The number of methoxy groups -OCH3 is 1. The molecule has 2 N–H and O–H groups in total. The van der Waals surface area contributed by atoms with Gasteiger partial charge in [0.1, 0.15) is 9.77 Å². The molecule has 0 saturated heterocycles. The first kappa shape index (κ1) is 14.7. The number of hydrogen-bond donors (Lipinski definition) is 2. The van der Waals surface area contributed by atoms with Crippen molar-refractivity contribution in [1.82, 2.24) is 14.9 Å². The zero-order chi connectivity index (χ0) is 14.8. The SMILES string of the molecule is COC(=O)c1scc(C)c1S(=O)(=O)NCc1ccn[nH]1. The van der Waals surface area contributed by atoms with Crippen molar-refractivity contribution in [2.75, 3.05) is 7.11 Å². The van der Waals surface area contributed by atoms with E-state index in [2.05, 4.69) is 19.7 Å². The quantitative estimate of drug-likeness (QED) is 0.803. The molecule has 2 rings (SSSR count). The van der Waals surface area contributed by atoms with Gasteiger partial charge in [-0.1, -0.05) is 0 Å². The molecule has 0 aliphatic heterocycles. The minimum Gasteiger partial charge on any atom is -0.465 e. The Kier molecular flexibility index (Phi) is 4.21. The van der Waals surface area contributed by atoms with Gasteiger partial charge in [0.15, 0.2) is 0 Å². The van der Waals surface area contributed by atoms with Crippen LogP contribution in [0.1, 0.15) is 20.9 Å². The molecule has 2 aromatic rings. The molecule has 0 bridgehead atoms. The summed E-state index contributed by atoms with van der Waals surface area (Å²) in [6, 6.07) is 1.66. The van der Waals surface area contributed by atoms with Crippen LogP contribution < -0.4 is 4.72 Å². The third-order valence-corrected chi connectivity index (χ3v) is 5.36. The molecule has 0 amide bonds. The van der Waals surface area contributed by atoms with Crippen molar-refractivity contribution in [3.8, 4) is 0 Å². The minimum absolute atomic E-state index is 0.0335. The van der Waals surface area contributed by atoms with Crippen LogP contribution in [0.3, 0.4) is 0 Å². The Bertz CT molecular complexity index is 704. The number of H-pyrrole nitrogens is 1. The third kappa shape index (κ3) is 2.89. The number of carbonyl (C=O) groups excluding carboxylic acids is 1. The summed E-state index contributed by atoms with van der Waals surface area (Å²) in [5.41, 5.74) is 1.13. The normalized spacial score (nSPS) is 11.5. The molecule has 0 fully saturated rings. The number of rotatable bonds is 5. The molecule has 0 saturated carbocycles. The minimum atomic E-state index is -3.80. The Balaban J connectivity index is 2.29. The number of aromatic nitrogens is 2. The van der Waals surface area contributed by atoms with Gasteiger partial charge < -0.3 is 4.74 Å². The number of esters is 1. The number of carbonyl (C=O) groups is 1.